The number of hydrogen-bond acceptors (Lipinski definition) is 2. The van der Waals surface area contributed by atoms with E-state index in [4.69, 9.17) is 0 Å². The molecule has 0 unspecified atom stereocenters. The monoisotopic (exact) mass is 406 g/mol. The SMILES string of the molecule is O=C1c2ccc3c4ccccc4n(-c4ccccc4)c3c2C(=O)N1c1ccc(F)cc1. The number of aromatic nitrogens is 1. The van der Waals surface area contributed by atoms with Crippen LogP contribution in [0.15, 0.2) is 91.0 Å². The molecule has 1 aromatic heterocycles. The van der Waals surface area contributed by atoms with E-state index in [1.54, 1.807) is 6.07 Å². The van der Waals surface area contributed by atoms with E-state index in [1.165, 1.54) is 24.3 Å². The second kappa shape index (κ2) is 6.37. The molecule has 1 aliphatic rings. The van der Waals surface area contributed by atoms with E-state index in [1.807, 2.05) is 65.2 Å². The van der Waals surface area contributed by atoms with Crippen molar-refractivity contribution < 1.29 is 14.0 Å². The molecule has 4 aromatic carbocycles. The number of fused-ring (bicyclic) bond motifs is 5. The number of carbonyl (C=O) groups excluding carboxylic acids is 2. The number of amides is 2. The van der Waals surface area contributed by atoms with Crippen LogP contribution in [0.1, 0.15) is 20.7 Å². The van der Waals surface area contributed by atoms with Crippen molar-refractivity contribution in [2.45, 2.75) is 0 Å². The van der Waals surface area contributed by atoms with Crippen LogP contribution in [-0.4, -0.2) is 16.4 Å². The van der Waals surface area contributed by atoms with Gasteiger partial charge in [0.05, 0.1) is 27.8 Å². The van der Waals surface area contributed by atoms with Crippen LogP contribution < -0.4 is 4.90 Å². The van der Waals surface area contributed by atoms with Gasteiger partial charge in [-0.1, -0.05) is 42.5 Å². The molecule has 2 amide bonds. The normalized spacial score (nSPS) is 13.4. The number of anilines is 1. The minimum Gasteiger partial charge on any atom is -0.308 e. The highest BCUT2D eigenvalue weighted by atomic mass is 19.1. The zero-order valence-electron chi connectivity index (χ0n) is 16.2. The number of rotatable bonds is 2. The van der Waals surface area contributed by atoms with Gasteiger partial charge in [0.1, 0.15) is 5.82 Å². The van der Waals surface area contributed by atoms with E-state index in [0.717, 1.165) is 26.9 Å². The summed E-state index contributed by atoms with van der Waals surface area (Å²) in [4.78, 5) is 27.9. The molecule has 5 aromatic rings. The minimum absolute atomic E-state index is 0.349. The Kier molecular flexibility index (Phi) is 3.62. The van der Waals surface area contributed by atoms with Gasteiger partial charge in [-0.15, -0.1) is 0 Å². The molecule has 0 aliphatic carbocycles. The third-order valence-corrected chi connectivity index (χ3v) is 5.79. The smallest absolute Gasteiger partial charge is 0.268 e. The fraction of sp³-hybridized carbons (Fsp3) is 0. The number of hydrogen-bond donors (Lipinski definition) is 0. The summed E-state index contributed by atoms with van der Waals surface area (Å²) in [6.07, 6.45) is 0. The molecule has 0 atom stereocenters. The molecule has 4 nitrogen and oxygen atoms in total. The summed E-state index contributed by atoms with van der Waals surface area (Å²) in [5, 5.41) is 1.91. The maximum atomic E-state index is 13.6. The maximum Gasteiger partial charge on any atom is 0.268 e. The van der Waals surface area contributed by atoms with Crippen LogP contribution in [0.4, 0.5) is 10.1 Å². The molecule has 0 saturated carbocycles. The van der Waals surface area contributed by atoms with Crippen molar-refractivity contribution in [1.82, 2.24) is 4.57 Å². The van der Waals surface area contributed by atoms with Crippen LogP contribution in [0.3, 0.4) is 0 Å². The van der Waals surface area contributed by atoms with Gasteiger partial charge in [0.2, 0.25) is 0 Å². The van der Waals surface area contributed by atoms with Crippen LogP contribution >= 0.6 is 0 Å². The number of nitrogens with zero attached hydrogens (tertiary/aromatic N) is 2. The Labute approximate surface area is 176 Å². The first-order valence-corrected chi connectivity index (χ1v) is 9.91. The molecule has 6 rings (SSSR count). The van der Waals surface area contributed by atoms with Gasteiger partial charge in [0.15, 0.2) is 0 Å². The molecule has 0 bridgehead atoms. The summed E-state index contributed by atoms with van der Waals surface area (Å²) in [6, 6.07) is 26.7. The lowest BCUT2D eigenvalue weighted by molar-refractivity contribution is 0.0926. The van der Waals surface area contributed by atoms with Crippen molar-refractivity contribution >= 4 is 39.3 Å². The molecular formula is C26H15FN2O2. The second-order valence-corrected chi connectivity index (χ2v) is 7.49. The number of para-hydroxylation sites is 2. The first-order valence-electron chi connectivity index (χ1n) is 9.91. The molecule has 5 heteroatoms. The van der Waals surface area contributed by atoms with Crippen molar-refractivity contribution in [3.63, 3.8) is 0 Å². The predicted molar refractivity (Wildman–Crippen MR) is 118 cm³/mol. The first-order chi connectivity index (χ1) is 15.1. The lowest BCUT2D eigenvalue weighted by atomic mass is 10.0. The van der Waals surface area contributed by atoms with Crippen molar-refractivity contribution in [3.8, 4) is 5.69 Å². The van der Waals surface area contributed by atoms with Crippen LogP contribution in [0.2, 0.25) is 0 Å². The second-order valence-electron chi connectivity index (χ2n) is 7.49. The van der Waals surface area contributed by atoms with Crippen LogP contribution in [-0.2, 0) is 0 Å². The average molecular weight is 406 g/mol. The quantitative estimate of drug-likeness (QED) is 0.352. The van der Waals surface area contributed by atoms with E-state index in [-0.39, 0.29) is 0 Å². The Bertz CT molecular complexity index is 1520. The highest BCUT2D eigenvalue weighted by Crippen LogP contribution is 2.39. The predicted octanol–water partition coefficient (Wildman–Crippen LogP) is 5.72. The summed E-state index contributed by atoms with van der Waals surface area (Å²) < 4.78 is 15.4. The standard InChI is InChI=1S/C26H15FN2O2/c27-16-10-12-18(13-11-16)29-25(30)21-15-14-20-19-8-4-5-9-22(19)28(17-6-2-1-3-7-17)24(20)23(21)26(29)31/h1-15H. The van der Waals surface area contributed by atoms with E-state index in [2.05, 4.69) is 0 Å². The van der Waals surface area contributed by atoms with E-state index < -0.39 is 17.6 Å². The minimum atomic E-state index is -0.424. The molecular weight excluding hydrogens is 391 g/mol. The van der Waals surface area contributed by atoms with Crippen molar-refractivity contribution in [2.75, 3.05) is 4.90 Å². The first kappa shape index (κ1) is 17.6. The van der Waals surface area contributed by atoms with Crippen LogP contribution in [0.25, 0.3) is 27.5 Å². The molecule has 0 saturated heterocycles. The molecule has 0 spiro atoms. The maximum absolute atomic E-state index is 13.6. The van der Waals surface area contributed by atoms with Gasteiger partial charge in [-0.05, 0) is 48.5 Å². The van der Waals surface area contributed by atoms with Crippen LogP contribution in [0, 0.1) is 5.82 Å². The zero-order chi connectivity index (χ0) is 21.1. The average Bonchev–Trinajstić information content (AvgIpc) is 3.27. The Hall–Kier alpha value is -4.25. The summed E-state index contributed by atoms with van der Waals surface area (Å²) in [5.41, 5.74) is 3.63. The third kappa shape index (κ3) is 2.40. The van der Waals surface area contributed by atoms with Gasteiger partial charge in [-0.25, -0.2) is 9.29 Å². The van der Waals surface area contributed by atoms with Gasteiger partial charge in [-0.3, -0.25) is 9.59 Å². The molecule has 2 heterocycles. The Morgan fingerprint density at radius 1 is 0.613 bits per heavy atom. The molecule has 0 fully saturated rings. The molecule has 1 aliphatic heterocycles. The fourth-order valence-corrected chi connectivity index (χ4v) is 4.45. The van der Waals surface area contributed by atoms with Gasteiger partial charge < -0.3 is 4.57 Å². The molecule has 148 valence electrons. The topological polar surface area (TPSA) is 42.3 Å². The number of halogens is 1. The number of carbonyl (C=O) groups is 2. The van der Waals surface area contributed by atoms with E-state index >= 15 is 0 Å². The number of imide groups is 1. The Morgan fingerprint density at radius 2 is 1.32 bits per heavy atom. The zero-order valence-corrected chi connectivity index (χ0v) is 16.2. The summed E-state index contributed by atoms with van der Waals surface area (Å²) in [6.45, 7) is 0. The summed E-state index contributed by atoms with van der Waals surface area (Å²) >= 11 is 0. The lowest BCUT2D eigenvalue weighted by Crippen LogP contribution is -2.29. The van der Waals surface area contributed by atoms with Crippen molar-refractivity contribution in [1.29, 1.82) is 0 Å². The van der Waals surface area contributed by atoms with Crippen molar-refractivity contribution in [3.05, 3.63) is 108 Å². The summed E-state index contributed by atoms with van der Waals surface area (Å²) in [5.74, 6) is -1.23. The van der Waals surface area contributed by atoms with Crippen LogP contribution in [0.5, 0.6) is 0 Å². The van der Waals surface area contributed by atoms with Crippen molar-refractivity contribution in [2.24, 2.45) is 0 Å². The number of benzene rings is 4. The lowest BCUT2D eigenvalue weighted by Gasteiger charge is -2.14. The van der Waals surface area contributed by atoms with Gasteiger partial charge in [0.25, 0.3) is 11.8 Å². The Balaban J connectivity index is 1.70. The van der Waals surface area contributed by atoms with Gasteiger partial charge >= 0.3 is 0 Å². The summed E-state index contributed by atoms with van der Waals surface area (Å²) in [7, 11) is 0. The highest BCUT2D eigenvalue weighted by Gasteiger charge is 2.39. The molecule has 31 heavy (non-hydrogen) atoms. The fourth-order valence-electron chi connectivity index (χ4n) is 4.45. The molecule has 0 radical (unpaired) electrons. The Morgan fingerprint density at radius 3 is 2.10 bits per heavy atom. The van der Waals surface area contributed by atoms with Gasteiger partial charge in [-0.2, -0.15) is 0 Å². The largest absolute Gasteiger partial charge is 0.308 e. The third-order valence-electron chi connectivity index (χ3n) is 5.79. The van der Waals surface area contributed by atoms with E-state index in [9.17, 15) is 14.0 Å². The molecule has 0 N–H and O–H groups in total. The highest BCUT2D eigenvalue weighted by molar-refractivity contribution is 6.38. The van der Waals surface area contributed by atoms with E-state index in [0.29, 0.717) is 22.3 Å². The van der Waals surface area contributed by atoms with Gasteiger partial charge in [0, 0.05) is 16.5 Å².